The summed E-state index contributed by atoms with van der Waals surface area (Å²) in [4.78, 5) is 32.5. The molecule has 0 aliphatic heterocycles. The van der Waals surface area contributed by atoms with Gasteiger partial charge >= 0.3 is 10.8 Å². The van der Waals surface area contributed by atoms with Gasteiger partial charge < -0.3 is 19.5 Å². The van der Waals surface area contributed by atoms with Gasteiger partial charge in [0.2, 0.25) is 5.88 Å². The fraction of sp³-hybridized carbons (Fsp3) is 0.348. The molecule has 2 N–H and O–H groups in total. The first-order valence-electron chi connectivity index (χ1n) is 10.1. The Morgan fingerprint density at radius 3 is 2.56 bits per heavy atom. The van der Waals surface area contributed by atoms with E-state index in [0.29, 0.717) is 41.6 Å². The van der Waals surface area contributed by atoms with Gasteiger partial charge in [0.25, 0.3) is 0 Å². The number of rotatable bonds is 8. The van der Waals surface area contributed by atoms with E-state index in [1.807, 2.05) is 57.0 Å². The molecule has 8 nitrogen and oxygen atoms in total. The second-order valence-electron chi connectivity index (χ2n) is 8.28. The molecular weight excluding hydrogens is 430 g/mol. The summed E-state index contributed by atoms with van der Waals surface area (Å²) in [5, 5.41) is 9.70. The molecule has 0 fully saturated rings. The van der Waals surface area contributed by atoms with E-state index >= 15 is 0 Å². The fourth-order valence-corrected chi connectivity index (χ4v) is 3.63. The Labute approximate surface area is 190 Å². The Morgan fingerprint density at radius 1 is 1.22 bits per heavy atom. The van der Waals surface area contributed by atoms with Gasteiger partial charge in [-0.25, -0.2) is 9.78 Å². The number of hydrogen-bond donors (Lipinski definition) is 2. The van der Waals surface area contributed by atoms with E-state index in [0.717, 1.165) is 16.9 Å². The summed E-state index contributed by atoms with van der Waals surface area (Å²) in [5.41, 5.74) is 0.854. The molecule has 2 aromatic heterocycles. The summed E-state index contributed by atoms with van der Waals surface area (Å²) < 4.78 is 11.2. The van der Waals surface area contributed by atoms with Crippen LogP contribution in [0.15, 0.2) is 47.4 Å². The summed E-state index contributed by atoms with van der Waals surface area (Å²) in [7, 11) is 1.88. The third kappa shape index (κ3) is 6.58. The zero-order chi connectivity index (χ0) is 23.3. The lowest BCUT2D eigenvalue weighted by atomic mass is 10.1. The minimum atomic E-state index is -0.558. The first kappa shape index (κ1) is 23.3. The molecule has 0 atom stereocenters. The maximum Gasteiger partial charge on any atom is 0.338 e. The van der Waals surface area contributed by atoms with Crippen molar-refractivity contribution in [3.8, 4) is 11.6 Å². The van der Waals surface area contributed by atoms with Crippen molar-refractivity contribution in [1.82, 2.24) is 9.97 Å². The third-order valence-electron chi connectivity index (χ3n) is 4.46. The summed E-state index contributed by atoms with van der Waals surface area (Å²) in [6.07, 6.45) is 2.06. The second kappa shape index (κ2) is 9.86. The number of anilines is 1. The number of aromatic nitrogens is 2. The van der Waals surface area contributed by atoms with E-state index in [1.165, 1.54) is 0 Å². The van der Waals surface area contributed by atoms with Crippen molar-refractivity contribution in [2.24, 2.45) is 0 Å². The number of nitrogens with one attached hydrogen (secondary N) is 1. The van der Waals surface area contributed by atoms with Crippen LogP contribution in [0.2, 0.25) is 0 Å². The fourth-order valence-electron chi connectivity index (χ4n) is 2.87. The topological polar surface area (TPSA) is 105 Å². The molecule has 32 heavy (non-hydrogen) atoms. The van der Waals surface area contributed by atoms with Gasteiger partial charge in [0.05, 0.1) is 17.0 Å². The van der Waals surface area contributed by atoms with Crippen LogP contribution in [0.4, 0.5) is 5.82 Å². The molecular formula is C23H27N3O5S. The van der Waals surface area contributed by atoms with Crippen LogP contribution in [0.5, 0.6) is 11.6 Å². The Bertz CT molecular complexity index is 1120. The van der Waals surface area contributed by atoms with Gasteiger partial charge in [-0.3, -0.25) is 9.78 Å². The number of pyridine rings is 1. The van der Waals surface area contributed by atoms with Gasteiger partial charge in [-0.1, -0.05) is 23.5 Å². The van der Waals surface area contributed by atoms with Crippen LogP contribution in [-0.4, -0.2) is 46.8 Å². The molecule has 0 amide bonds. The number of ether oxygens (including phenoxy) is 2. The molecule has 3 rings (SSSR count). The Balaban J connectivity index is 1.52. The van der Waals surface area contributed by atoms with Crippen molar-refractivity contribution < 1.29 is 19.4 Å². The van der Waals surface area contributed by atoms with Crippen molar-refractivity contribution >= 4 is 23.1 Å². The highest BCUT2D eigenvalue weighted by Gasteiger charge is 2.18. The van der Waals surface area contributed by atoms with Gasteiger partial charge in [0.15, 0.2) is 0 Å². The first-order valence-corrected chi connectivity index (χ1v) is 11.0. The number of aromatic amines is 1. The molecule has 0 aliphatic carbocycles. The van der Waals surface area contributed by atoms with E-state index < -0.39 is 5.60 Å². The van der Waals surface area contributed by atoms with Gasteiger partial charge in [-0.2, -0.15) is 0 Å². The SMILES string of the molecule is CN(CCOc1ccc(Cc2sc(=O)[nH]c2O)cc1)c1cc(C(=O)OC(C)(C)C)ccn1. The number of aromatic hydroxyl groups is 1. The van der Waals surface area contributed by atoms with Gasteiger partial charge in [-0.15, -0.1) is 0 Å². The van der Waals surface area contributed by atoms with Crippen LogP contribution in [0, 0.1) is 0 Å². The minimum absolute atomic E-state index is 0.0762. The lowest BCUT2D eigenvalue weighted by molar-refractivity contribution is 0.00694. The third-order valence-corrected chi connectivity index (χ3v) is 5.33. The van der Waals surface area contributed by atoms with Crippen LogP contribution in [0.3, 0.4) is 0 Å². The average molecular weight is 458 g/mol. The molecule has 0 radical (unpaired) electrons. The molecule has 0 saturated carbocycles. The standard InChI is InChI=1S/C23H27N3O5S/c1-23(2,3)31-21(28)16-9-10-24-19(14-16)26(4)11-12-30-17-7-5-15(6-8-17)13-18-20(27)25-22(29)32-18/h5-10,14,27H,11-13H2,1-4H3,(H,25,29). The summed E-state index contributed by atoms with van der Waals surface area (Å²) in [5.74, 6) is 0.903. The summed E-state index contributed by atoms with van der Waals surface area (Å²) >= 11 is 1.00. The lowest BCUT2D eigenvalue weighted by Crippen LogP contribution is -2.26. The van der Waals surface area contributed by atoms with Crippen LogP contribution < -0.4 is 14.5 Å². The molecule has 0 unspecified atom stereocenters. The van der Waals surface area contributed by atoms with Crippen molar-refractivity contribution in [3.05, 3.63) is 68.3 Å². The molecule has 0 saturated heterocycles. The summed E-state index contributed by atoms with van der Waals surface area (Å²) in [6, 6.07) is 10.8. The highest BCUT2D eigenvalue weighted by Crippen LogP contribution is 2.22. The predicted molar refractivity (Wildman–Crippen MR) is 124 cm³/mol. The normalized spacial score (nSPS) is 11.2. The number of hydrogen-bond acceptors (Lipinski definition) is 8. The molecule has 9 heteroatoms. The lowest BCUT2D eigenvalue weighted by Gasteiger charge is -2.21. The number of H-pyrrole nitrogens is 1. The largest absolute Gasteiger partial charge is 0.494 e. The van der Waals surface area contributed by atoms with E-state index in [9.17, 15) is 14.7 Å². The van der Waals surface area contributed by atoms with E-state index in [1.54, 1.807) is 18.3 Å². The molecule has 0 bridgehead atoms. The minimum Gasteiger partial charge on any atom is -0.494 e. The highest BCUT2D eigenvalue weighted by atomic mass is 32.1. The molecule has 0 aliphatic rings. The van der Waals surface area contributed by atoms with Crippen molar-refractivity contribution in [2.75, 3.05) is 25.1 Å². The van der Waals surface area contributed by atoms with Crippen LogP contribution in [-0.2, 0) is 11.2 Å². The quantitative estimate of drug-likeness (QED) is 0.498. The number of carbonyl (C=O) groups excluding carboxylic acids is 1. The van der Waals surface area contributed by atoms with Crippen LogP contribution in [0.25, 0.3) is 0 Å². The second-order valence-corrected chi connectivity index (χ2v) is 9.35. The summed E-state index contributed by atoms with van der Waals surface area (Å²) in [6.45, 7) is 6.48. The first-order chi connectivity index (χ1) is 15.1. The number of thiazole rings is 1. The Hall–Kier alpha value is -3.33. The van der Waals surface area contributed by atoms with Crippen molar-refractivity contribution in [1.29, 1.82) is 0 Å². The monoisotopic (exact) mass is 457 g/mol. The van der Waals surface area contributed by atoms with E-state index in [4.69, 9.17) is 9.47 Å². The number of benzene rings is 1. The smallest absolute Gasteiger partial charge is 0.338 e. The highest BCUT2D eigenvalue weighted by molar-refractivity contribution is 7.09. The number of esters is 1. The van der Waals surface area contributed by atoms with Gasteiger partial charge in [0, 0.05) is 19.7 Å². The van der Waals surface area contributed by atoms with Crippen molar-refractivity contribution in [3.63, 3.8) is 0 Å². The number of likely N-dealkylation sites (N-methyl/N-ethyl adjacent to an activating group) is 1. The maximum absolute atomic E-state index is 12.3. The number of nitrogens with zero attached hydrogens (tertiary/aromatic N) is 2. The van der Waals surface area contributed by atoms with E-state index in [-0.39, 0.29) is 16.7 Å². The van der Waals surface area contributed by atoms with Crippen molar-refractivity contribution in [2.45, 2.75) is 32.8 Å². The van der Waals surface area contributed by atoms with Crippen LogP contribution >= 0.6 is 11.3 Å². The number of carbonyl (C=O) groups is 1. The maximum atomic E-state index is 12.3. The zero-order valence-corrected chi connectivity index (χ0v) is 19.4. The Kier molecular flexibility index (Phi) is 7.19. The molecule has 0 spiro atoms. The molecule has 3 aromatic rings. The Morgan fingerprint density at radius 2 is 1.94 bits per heavy atom. The van der Waals surface area contributed by atoms with E-state index in [2.05, 4.69) is 9.97 Å². The predicted octanol–water partition coefficient (Wildman–Crippen LogP) is 3.60. The average Bonchev–Trinajstić information content (AvgIpc) is 3.04. The van der Waals surface area contributed by atoms with Gasteiger partial charge in [-0.05, 0) is 50.6 Å². The molecule has 170 valence electrons. The van der Waals surface area contributed by atoms with Crippen LogP contribution in [0.1, 0.15) is 41.6 Å². The molecule has 1 aromatic carbocycles. The molecule has 2 heterocycles. The van der Waals surface area contributed by atoms with Gasteiger partial charge in [0.1, 0.15) is 23.8 Å². The zero-order valence-electron chi connectivity index (χ0n) is 18.5.